The first kappa shape index (κ1) is 49.6. The van der Waals surface area contributed by atoms with Gasteiger partial charge >= 0.3 is 6.09 Å². The minimum atomic E-state index is -0.847. The van der Waals surface area contributed by atoms with Crippen molar-refractivity contribution in [1.29, 1.82) is 0 Å². The predicted octanol–water partition coefficient (Wildman–Crippen LogP) is 6.86. The fraction of sp³-hybridized carbons (Fsp3) is 0.510. The van der Waals surface area contributed by atoms with Crippen LogP contribution in [0.1, 0.15) is 109 Å². The normalized spacial score (nSPS) is 16.8. The average molecular weight is 899 g/mol. The molecule has 346 valence electrons. The number of aromatic nitrogens is 1. The van der Waals surface area contributed by atoms with E-state index in [9.17, 15) is 29.1 Å². The van der Waals surface area contributed by atoms with Gasteiger partial charge in [0.15, 0.2) is 0 Å². The largest absolute Gasteiger partial charge is 0.444 e. The molecule has 6 N–H and O–H groups in total. The van der Waals surface area contributed by atoms with Gasteiger partial charge in [0.05, 0.1) is 40.9 Å². The SMILES string of the molecule is Cc1ncsc1-c1ccc(CNC(=O)C[C@@H]2C[C@@H](O)CN2C(=O)[C@@H](NC(=O)CCCc2ccc3cc(CO[C@H](C)[C@H](CCC(N)=O)NC(=O)OC(C)(C)C)ccc3c2)C(C)(C)C)cc1. The van der Waals surface area contributed by atoms with Crippen LogP contribution >= 0.6 is 11.3 Å². The first-order chi connectivity index (χ1) is 30.1. The van der Waals surface area contributed by atoms with E-state index in [1.54, 1.807) is 37.0 Å². The lowest BCUT2D eigenvalue weighted by Gasteiger charge is -2.35. The summed E-state index contributed by atoms with van der Waals surface area (Å²) < 4.78 is 11.5. The number of carbonyl (C=O) groups is 5. The third-order valence-electron chi connectivity index (χ3n) is 11.3. The lowest BCUT2D eigenvalue weighted by Crippen LogP contribution is -2.56. The van der Waals surface area contributed by atoms with Gasteiger partial charge in [-0.05, 0) is 105 Å². The molecule has 0 radical (unpaired) electrons. The number of nitrogens with two attached hydrogens (primary N) is 1. The summed E-state index contributed by atoms with van der Waals surface area (Å²) in [5, 5.41) is 21.5. The number of alkyl carbamates (subject to hydrolysis) is 1. The fourth-order valence-corrected chi connectivity index (χ4v) is 8.62. The van der Waals surface area contributed by atoms with Crippen molar-refractivity contribution in [3.05, 3.63) is 88.6 Å². The van der Waals surface area contributed by atoms with Crippen molar-refractivity contribution in [2.45, 2.75) is 149 Å². The molecule has 0 unspecified atom stereocenters. The number of aliphatic hydroxyl groups is 1. The summed E-state index contributed by atoms with van der Waals surface area (Å²) in [6.07, 6.45) is 0.385. The molecule has 5 amide bonds. The van der Waals surface area contributed by atoms with E-state index in [-0.39, 0.29) is 56.6 Å². The molecule has 0 spiro atoms. The number of fused-ring (bicyclic) bond motifs is 1. The summed E-state index contributed by atoms with van der Waals surface area (Å²) in [7, 11) is 0. The summed E-state index contributed by atoms with van der Waals surface area (Å²) >= 11 is 1.59. The number of nitrogens with zero attached hydrogens (tertiary/aromatic N) is 2. The van der Waals surface area contributed by atoms with Crippen LogP contribution in [0.15, 0.2) is 66.2 Å². The van der Waals surface area contributed by atoms with E-state index in [0.29, 0.717) is 25.8 Å². The standard InChI is InChI=1S/C49H66N6O8S/c1-30-44(64-29-52-30)35-16-13-33(14-17-35)26-51-43(59)25-38-24-39(56)27-55(38)46(60)45(48(3,4)5)54-42(58)11-9-10-32-12-18-37-23-34(15-19-36(37)22-32)28-62-31(2)40(20-21-41(50)57)53-47(61)63-49(6,7)8/h12-19,22-23,29,31,38-40,45,56H,9-11,20-21,24-28H2,1-8H3,(H2,50,57)(H,51,59)(H,53,61)(H,54,58)/t31-,38+,39-,40+,45-/m1/s1. The molecule has 15 heteroatoms. The summed E-state index contributed by atoms with van der Waals surface area (Å²) in [6.45, 7) is 15.5. The van der Waals surface area contributed by atoms with Gasteiger partial charge < -0.3 is 41.2 Å². The maximum Gasteiger partial charge on any atom is 0.407 e. The van der Waals surface area contributed by atoms with Gasteiger partial charge in [0.1, 0.15) is 11.6 Å². The zero-order valence-electron chi connectivity index (χ0n) is 38.5. The number of aliphatic hydroxyl groups excluding tert-OH is 1. The Kier molecular flexibility index (Phi) is 17.1. The quantitative estimate of drug-likeness (QED) is 0.0667. The van der Waals surface area contributed by atoms with E-state index in [0.717, 1.165) is 43.6 Å². The summed E-state index contributed by atoms with van der Waals surface area (Å²) in [4.78, 5) is 71.6. The molecule has 5 rings (SSSR count). The van der Waals surface area contributed by atoms with E-state index in [2.05, 4.69) is 27.0 Å². The molecule has 64 heavy (non-hydrogen) atoms. The lowest BCUT2D eigenvalue weighted by molar-refractivity contribution is -0.141. The minimum absolute atomic E-state index is 0.0427. The van der Waals surface area contributed by atoms with E-state index >= 15 is 0 Å². The Balaban J connectivity index is 1.10. The lowest BCUT2D eigenvalue weighted by atomic mass is 9.85. The Morgan fingerprint density at radius 2 is 1.56 bits per heavy atom. The van der Waals surface area contributed by atoms with Crippen LogP contribution in [0.25, 0.3) is 21.2 Å². The van der Waals surface area contributed by atoms with Crippen molar-refractivity contribution < 1.29 is 38.6 Å². The number of rotatable bonds is 19. The molecule has 0 saturated carbocycles. The second kappa shape index (κ2) is 22.0. The topological polar surface area (TPSA) is 202 Å². The van der Waals surface area contributed by atoms with Gasteiger partial charge in [-0.2, -0.15) is 0 Å². The van der Waals surface area contributed by atoms with Gasteiger partial charge in [0.25, 0.3) is 0 Å². The Morgan fingerprint density at radius 3 is 2.19 bits per heavy atom. The highest BCUT2D eigenvalue weighted by atomic mass is 32.1. The summed E-state index contributed by atoms with van der Waals surface area (Å²) in [5.41, 5.74) is 10.9. The second-order valence-corrected chi connectivity index (χ2v) is 19.8. The predicted molar refractivity (Wildman–Crippen MR) is 249 cm³/mol. The van der Waals surface area contributed by atoms with Crippen LogP contribution in [-0.4, -0.2) is 87.2 Å². The fourth-order valence-electron chi connectivity index (χ4n) is 7.81. The number of amides is 5. The molecule has 5 atom stereocenters. The number of β-amino-alcohol motifs (C(OH)–C–C–N with tert-alkyl or cyclic N) is 1. The Labute approximate surface area is 381 Å². The molecular weight excluding hydrogens is 833 g/mol. The Bertz CT molecular complexity index is 2250. The van der Waals surface area contributed by atoms with Crippen LogP contribution in [-0.2, 0) is 48.2 Å². The molecular formula is C49H66N6O8S. The number of hydrogen-bond donors (Lipinski definition) is 5. The van der Waals surface area contributed by atoms with Gasteiger partial charge in [-0.3, -0.25) is 19.2 Å². The zero-order valence-corrected chi connectivity index (χ0v) is 39.3. The monoisotopic (exact) mass is 898 g/mol. The Morgan fingerprint density at radius 1 is 0.906 bits per heavy atom. The van der Waals surface area contributed by atoms with Gasteiger partial charge in [0, 0.05) is 38.4 Å². The van der Waals surface area contributed by atoms with Crippen molar-refractivity contribution >= 4 is 51.8 Å². The van der Waals surface area contributed by atoms with Crippen LogP contribution in [0.5, 0.6) is 0 Å². The van der Waals surface area contributed by atoms with Crippen molar-refractivity contribution in [3.63, 3.8) is 0 Å². The third kappa shape index (κ3) is 14.8. The molecule has 3 aromatic carbocycles. The van der Waals surface area contributed by atoms with E-state index < -0.39 is 53.3 Å². The molecule has 4 aromatic rings. The molecule has 2 heterocycles. The first-order valence-corrected chi connectivity index (χ1v) is 23.0. The maximum absolute atomic E-state index is 14.1. The number of primary amides is 1. The zero-order chi connectivity index (χ0) is 46.8. The highest BCUT2D eigenvalue weighted by molar-refractivity contribution is 7.13. The van der Waals surface area contributed by atoms with Gasteiger partial charge in [0.2, 0.25) is 23.6 Å². The summed E-state index contributed by atoms with van der Waals surface area (Å²) in [5.74, 6) is -1.23. The molecule has 0 aliphatic carbocycles. The summed E-state index contributed by atoms with van der Waals surface area (Å²) in [6, 6.07) is 18.4. The molecule has 0 bridgehead atoms. The van der Waals surface area contributed by atoms with E-state index in [4.69, 9.17) is 15.2 Å². The highest BCUT2D eigenvalue weighted by Crippen LogP contribution is 2.29. The van der Waals surface area contributed by atoms with Crippen LogP contribution in [0.4, 0.5) is 4.79 Å². The van der Waals surface area contributed by atoms with Crippen LogP contribution < -0.4 is 21.7 Å². The minimum Gasteiger partial charge on any atom is -0.444 e. The number of nitrogens with one attached hydrogen (secondary N) is 3. The van der Waals surface area contributed by atoms with Gasteiger partial charge in [-0.1, -0.05) is 75.4 Å². The average Bonchev–Trinajstić information content (AvgIpc) is 3.82. The number of hydrogen-bond acceptors (Lipinski definition) is 10. The van der Waals surface area contributed by atoms with Crippen LogP contribution in [0.3, 0.4) is 0 Å². The van der Waals surface area contributed by atoms with Crippen molar-refractivity contribution in [2.24, 2.45) is 11.1 Å². The first-order valence-electron chi connectivity index (χ1n) is 22.1. The van der Waals surface area contributed by atoms with Crippen molar-refractivity contribution in [2.75, 3.05) is 6.54 Å². The van der Waals surface area contributed by atoms with Crippen molar-refractivity contribution in [1.82, 2.24) is 25.8 Å². The number of aryl methyl sites for hydroxylation is 2. The molecule has 1 aromatic heterocycles. The van der Waals surface area contributed by atoms with Crippen LogP contribution in [0, 0.1) is 12.3 Å². The van der Waals surface area contributed by atoms with Gasteiger partial charge in [-0.25, -0.2) is 9.78 Å². The molecule has 1 aliphatic heterocycles. The number of carbonyl (C=O) groups excluding carboxylic acids is 5. The second-order valence-electron chi connectivity index (χ2n) is 19.0. The van der Waals surface area contributed by atoms with Gasteiger partial charge in [-0.15, -0.1) is 11.3 Å². The Hall–Kier alpha value is -5.38. The smallest absolute Gasteiger partial charge is 0.407 e. The number of ether oxygens (including phenoxy) is 2. The van der Waals surface area contributed by atoms with E-state index in [1.165, 1.54) is 0 Å². The molecule has 14 nitrogen and oxygen atoms in total. The van der Waals surface area contributed by atoms with Crippen molar-refractivity contribution in [3.8, 4) is 10.4 Å². The van der Waals surface area contributed by atoms with Crippen LogP contribution in [0.2, 0.25) is 0 Å². The highest BCUT2D eigenvalue weighted by Gasteiger charge is 2.42. The number of thiazole rings is 1. The molecule has 1 aliphatic rings. The maximum atomic E-state index is 14.1. The molecule has 1 fully saturated rings. The number of likely N-dealkylation sites (tertiary alicyclic amines) is 1. The third-order valence-corrected chi connectivity index (χ3v) is 12.3. The number of benzene rings is 3. The van der Waals surface area contributed by atoms with E-state index in [1.807, 2.05) is 94.7 Å². The molecule has 1 saturated heterocycles.